The fourth-order valence-electron chi connectivity index (χ4n) is 14.4. The standard InChI is InChI=1S/C51H86O23/c1-22(21-66-46-40(62)38(60)36(58)32(18-54)69-46)8-13-51(65)24(3)35-31(74-51)15-29-27-7-6-25-14-26(9-11-49(25,4)28(27)10-12-50(29,35)5)68-48-44(73-45(30(57)17-53)67-23(2)16-52)42(64)43(34(20-56)71-48)72-47-41(63)39(61)37(59)33(19-55)70-47/h6,22-24,26-48,52-65H,7-21H2,1-5H3/t22-,23?,24+,26?,27?,28?,29?,30+,31?,32?,33?,34?,35?,36?,37?,38-,39-,40+,41+,42-,43?,44+,45?,46?,47?,48?,49+,50+,51?/m1/s1. The number of aliphatic hydroxyl groups excluding tert-OH is 13. The number of fused-ring (bicyclic) bond motifs is 7. The van der Waals surface area contributed by atoms with Crippen molar-refractivity contribution in [3.63, 3.8) is 0 Å². The number of ether oxygens (including phenoxy) is 9. The van der Waals surface area contributed by atoms with Crippen LogP contribution in [0.2, 0.25) is 0 Å². The van der Waals surface area contributed by atoms with E-state index >= 15 is 0 Å². The minimum Gasteiger partial charge on any atom is -0.394 e. The molecule has 14 N–H and O–H groups in total. The summed E-state index contributed by atoms with van der Waals surface area (Å²) < 4.78 is 54.3. The molecule has 29 atom stereocenters. The van der Waals surface area contributed by atoms with Gasteiger partial charge in [0.15, 0.2) is 30.9 Å². The molecule has 3 saturated carbocycles. The summed E-state index contributed by atoms with van der Waals surface area (Å²) in [4.78, 5) is 0. The van der Waals surface area contributed by atoms with E-state index in [1.807, 2.05) is 6.92 Å². The van der Waals surface area contributed by atoms with Crippen LogP contribution in [0.3, 0.4) is 0 Å². The van der Waals surface area contributed by atoms with Gasteiger partial charge in [-0.1, -0.05) is 39.3 Å². The average molecular weight is 1070 g/mol. The summed E-state index contributed by atoms with van der Waals surface area (Å²) in [6, 6.07) is 0. The Bertz CT molecular complexity index is 1850. The molecular formula is C51H86O23. The molecule has 0 amide bonds. The molecule has 0 bridgehead atoms. The maximum absolute atomic E-state index is 12.1. The number of allylic oxidation sites excluding steroid dienone is 1. The Morgan fingerprint density at radius 2 is 1.35 bits per heavy atom. The van der Waals surface area contributed by atoms with Crippen LogP contribution in [0, 0.1) is 46.3 Å². The smallest absolute Gasteiger partial charge is 0.187 e. The molecule has 0 spiro atoms. The summed E-state index contributed by atoms with van der Waals surface area (Å²) in [7, 11) is 0. The van der Waals surface area contributed by atoms with E-state index in [4.69, 9.17) is 42.6 Å². The Morgan fingerprint density at radius 1 is 0.716 bits per heavy atom. The average Bonchev–Trinajstić information content (AvgIpc) is 3.83. The lowest BCUT2D eigenvalue weighted by Crippen LogP contribution is -2.66. The molecule has 4 heterocycles. The third kappa shape index (κ3) is 11.2. The first-order valence-electron chi connectivity index (χ1n) is 26.9. The van der Waals surface area contributed by atoms with Gasteiger partial charge in [0.1, 0.15) is 79.4 Å². The normalized spacial score (nSPS) is 50.0. The van der Waals surface area contributed by atoms with Crippen LogP contribution in [0.1, 0.15) is 92.4 Å². The van der Waals surface area contributed by atoms with Crippen LogP contribution in [-0.2, 0) is 42.6 Å². The second-order valence-corrected chi connectivity index (χ2v) is 23.4. The van der Waals surface area contributed by atoms with Gasteiger partial charge < -0.3 is 114 Å². The van der Waals surface area contributed by atoms with Gasteiger partial charge >= 0.3 is 0 Å². The Kier molecular flexibility index (Phi) is 19.0. The minimum absolute atomic E-state index is 0.0719. The first-order valence-corrected chi connectivity index (χ1v) is 26.9. The minimum atomic E-state index is -1.86. The molecule has 18 unspecified atom stereocenters. The Hall–Kier alpha value is -1.18. The fourth-order valence-corrected chi connectivity index (χ4v) is 14.4. The lowest BCUT2D eigenvalue weighted by atomic mass is 9.47. The van der Waals surface area contributed by atoms with Gasteiger partial charge in [0.2, 0.25) is 0 Å². The highest BCUT2D eigenvalue weighted by Crippen LogP contribution is 2.70. The summed E-state index contributed by atoms with van der Waals surface area (Å²) in [6.45, 7) is 7.06. The van der Waals surface area contributed by atoms with Gasteiger partial charge in [0.25, 0.3) is 0 Å². The molecule has 4 saturated heterocycles. The molecule has 428 valence electrons. The van der Waals surface area contributed by atoms with Crippen LogP contribution in [0.5, 0.6) is 0 Å². The third-order valence-electron chi connectivity index (χ3n) is 18.8. The van der Waals surface area contributed by atoms with E-state index < -0.39 is 156 Å². The molecule has 7 fully saturated rings. The molecule has 74 heavy (non-hydrogen) atoms. The zero-order valence-electron chi connectivity index (χ0n) is 43.1. The lowest BCUT2D eigenvalue weighted by molar-refractivity contribution is -0.382. The molecule has 0 aromatic rings. The summed E-state index contributed by atoms with van der Waals surface area (Å²) in [5, 5.41) is 147. The van der Waals surface area contributed by atoms with E-state index in [1.165, 1.54) is 12.5 Å². The number of rotatable bonds is 20. The first kappa shape index (κ1) is 59.0. The Labute approximate surface area is 431 Å². The number of aliphatic hydroxyl groups is 14. The van der Waals surface area contributed by atoms with Crippen molar-refractivity contribution in [2.45, 2.75) is 221 Å². The molecule has 4 aliphatic carbocycles. The Morgan fingerprint density at radius 3 is 1.99 bits per heavy atom. The zero-order valence-corrected chi connectivity index (χ0v) is 43.1. The molecule has 0 aromatic heterocycles. The summed E-state index contributed by atoms with van der Waals surface area (Å²) in [5.41, 5.74) is 1.01. The van der Waals surface area contributed by atoms with Gasteiger partial charge in [0, 0.05) is 12.3 Å². The Balaban J connectivity index is 0.921. The SMILES string of the molecule is CC(CO)OC(O[C@@H]1C(OC2CC[C@@]3(C)C(=CCC4C5CC6OC(O)(CC[C@@H](C)COC7OC(CO)C(O)[C@@H](O)[C@@H]7O)[C@@H](C)C6[C@@]5(C)CCC43)C2)OC(CO)C(OC2OC(CO)C(O)[C@@H](O)[C@@H]2O)[C@H]1O)[C@@H](O)CO. The van der Waals surface area contributed by atoms with Crippen LogP contribution in [-0.4, -0.2) is 240 Å². The lowest BCUT2D eigenvalue weighted by Gasteiger charge is -2.58. The highest BCUT2D eigenvalue weighted by Gasteiger charge is 2.68. The van der Waals surface area contributed by atoms with Crippen molar-refractivity contribution >= 4 is 0 Å². The fraction of sp³-hybridized carbons (Fsp3) is 0.961. The topological polar surface area (TPSA) is 366 Å². The van der Waals surface area contributed by atoms with E-state index in [0.29, 0.717) is 43.4 Å². The third-order valence-corrected chi connectivity index (χ3v) is 18.8. The summed E-state index contributed by atoms with van der Waals surface area (Å²) in [6.07, 6.45) is -18.9. The maximum Gasteiger partial charge on any atom is 0.187 e. The molecule has 23 nitrogen and oxygen atoms in total. The molecular weight excluding hydrogens is 981 g/mol. The molecule has 23 heteroatoms. The van der Waals surface area contributed by atoms with Crippen molar-refractivity contribution in [1.29, 1.82) is 0 Å². The number of hydrogen-bond acceptors (Lipinski definition) is 23. The van der Waals surface area contributed by atoms with Crippen molar-refractivity contribution in [2.24, 2.45) is 46.3 Å². The molecule has 4 aliphatic heterocycles. The van der Waals surface area contributed by atoms with Crippen molar-refractivity contribution in [1.82, 2.24) is 0 Å². The van der Waals surface area contributed by atoms with Crippen LogP contribution in [0.25, 0.3) is 0 Å². The van der Waals surface area contributed by atoms with Gasteiger partial charge in [-0.05, 0) is 98.7 Å². The van der Waals surface area contributed by atoms with Crippen molar-refractivity contribution in [3.8, 4) is 0 Å². The van der Waals surface area contributed by atoms with E-state index in [1.54, 1.807) is 0 Å². The van der Waals surface area contributed by atoms with E-state index in [2.05, 4.69) is 26.8 Å². The highest BCUT2D eigenvalue weighted by atomic mass is 16.8. The predicted octanol–water partition coefficient (Wildman–Crippen LogP) is -2.76. The zero-order chi connectivity index (χ0) is 53.8. The summed E-state index contributed by atoms with van der Waals surface area (Å²) >= 11 is 0. The van der Waals surface area contributed by atoms with Crippen LogP contribution in [0.4, 0.5) is 0 Å². The first-order chi connectivity index (χ1) is 35.1. The van der Waals surface area contributed by atoms with Crippen LogP contribution in [0.15, 0.2) is 11.6 Å². The van der Waals surface area contributed by atoms with Gasteiger partial charge in [-0.25, -0.2) is 0 Å². The van der Waals surface area contributed by atoms with Crippen molar-refractivity contribution < 1.29 is 114 Å². The van der Waals surface area contributed by atoms with Gasteiger partial charge in [-0.15, -0.1) is 0 Å². The monoisotopic (exact) mass is 1070 g/mol. The van der Waals surface area contributed by atoms with Gasteiger partial charge in [0.05, 0.1) is 58.0 Å². The second-order valence-electron chi connectivity index (χ2n) is 23.4. The quantitative estimate of drug-likeness (QED) is 0.0434. The van der Waals surface area contributed by atoms with Crippen LogP contribution >= 0.6 is 0 Å². The molecule has 0 aromatic carbocycles. The second kappa shape index (κ2) is 23.9. The van der Waals surface area contributed by atoms with E-state index in [-0.39, 0.29) is 41.3 Å². The maximum atomic E-state index is 12.1. The molecule has 0 radical (unpaired) electrons. The van der Waals surface area contributed by atoms with E-state index in [0.717, 1.165) is 32.1 Å². The molecule has 8 rings (SSSR count). The van der Waals surface area contributed by atoms with Gasteiger partial charge in [-0.3, -0.25) is 0 Å². The summed E-state index contributed by atoms with van der Waals surface area (Å²) in [5.74, 6) is -0.320. The van der Waals surface area contributed by atoms with E-state index in [9.17, 15) is 71.5 Å². The van der Waals surface area contributed by atoms with Crippen LogP contribution < -0.4 is 0 Å². The largest absolute Gasteiger partial charge is 0.394 e. The highest BCUT2D eigenvalue weighted by molar-refractivity contribution is 5.26. The number of hydrogen-bond donors (Lipinski definition) is 14. The predicted molar refractivity (Wildman–Crippen MR) is 252 cm³/mol. The van der Waals surface area contributed by atoms with Crippen molar-refractivity contribution in [3.05, 3.63) is 11.6 Å². The van der Waals surface area contributed by atoms with Crippen molar-refractivity contribution in [2.75, 3.05) is 39.6 Å². The molecule has 8 aliphatic rings. The van der Waals surface area contributed by atoms with Gasteiger partial charge in [-0.2, -0.15) is 0 Å².